The van der Waals surface area contributed by atoms with Crippen LogP contribution in [0.1, 0.15) is 54.0 Å². The van der Waals surface area contributed by atoms with Crippen LogP contribution in [0.2, 0.25) is 0 Å². The molecule has 0 radical (unpaired) electrons. The van der Waals surface area contributed by atoms with Gasteiger partial charge in [-0.15, -0.1) is 0 Å². The van der Waals surface area contributed by atoms with E-state index in [-0.39, 0.29) is 0 Å². The lowest BCUT2D eigenvalue weighted by Crippen LogP contribution is -2.01. The second-order valence-electron chi connectivity index (χ2n) is 8.50. The second kappa shape index (κ2) is 7.47. The lowest BCUT2D eigenvalue weighted by molar-refractivity contribution is 0.393. The molecular formula is C24H26N6O2. The van der Waals surface area contributed by atoms with Gasteiger partial charge in [-0.1, -0.05) is 19.0 Å². The minimum atomic E-state index is 0.378. The molecule has 8 heteroatoms. The average Bonchev–Trinajstić information content (AvgIpc) is 3.43. The van der Waals surface area contributed by atoms with Crippen molar-refractivity contribution >= 4 is 21.9 Å². The minimum Gasteiger partial charge on any atom is -0.496 e. The molecule has 0 fully saturated rings. The zero-order chi connectivity index (χ0) is 22.6. The number of benzene rings is 1. The van der Waals surface area contributed by atoms with Crippen LogP contribution in [0.3, 0.4) is 0 Å². The van der Waals surface area contributed by atoms with E-state index < -0.39 is 0 Å². The third-order valence-corrected chi connectivity index (χ3v) is 5.98. The van der Waals surface area contributed by atoms with E-state index in [9.17, 15) is 0 Å². The van der Waals surface area contributed by atoms with Crippen molar-refractivity contribution in [3.05, 3.63) is 52.6 Å². The third kappa shape index (κ3) is 3.14. The highest BCUT2D eigenvalue weighted by molar-refractivity contribution is 6.09. The summed E-state index contributed by atoms with van der Waals surface area (Å²) >= 11 is 0. The molecule has 0 unspecified atom stereocenters. The summed E-state index contributed by atoms with van der Waals surface area (Å²) in [7, 11) is 1.68. The molecule has 5 aromatic rings. The highest BCUT2D eigenvalue weighted by Crippen LogP contribution is 2.40. The van der Waals surface area contributed by atoms with Gasteiger partial charge in [-0.3, -0.25) is 5.10 Å². The smallest absolute Gasteiger partial charge is 0.142 e. The summed E-state index contributed by atoms with van der Waals surface area (Å²) in [5.41, 5.74) is 7.72. The van der Waals surface area contributed by atoms with Crippen molar-refractivity contribution in [2.45, 2.75) is 47.0 Å². The summed E-state index contributed by atoms with van der Waals surface area (Å²) in [6, 6.07) is 4.13. The second-order valence-corrected chi connectivity index (χ2v) is 8.50. The molecule has 0 atom stereocenters. The SMILES string of the molecule is COc1cc2c(cc1-c1c(C)noc1C)[nH]c1nc(C)nc(Cc3[nH]ncc3C(C)C)c12. The fraction of sp³-hybridized carbons (Fsp3) is 0.333. The molecule has 4 aromatic heterocycles. The Morgan fingerprint density at radius 2 is 1.94 bits per heavy atom. The van der Waals surface area contributed by atoms with Gasteiger partial charge in [0.2, 0.25) is 0 Å². The first-order valence-electron chi connectivity index (χ1n) is 10.7. The number of aryl methyl sites for hydroxylation is 3. The molecule has 5 rings (SSSR count). The van der Waals surface area contributed by atoms with E-state index in [2.05, 4.69) is 45.2 Å². The maximum absolute atomic E-state index is 5.79. The molecule has 0 aliphatic heterocycles. The first-order valence-corrected chi connectivity index (χ1v) is 10.7. The van der Waals surface area contributed by atoms with Crippen molar-refractivity contribution in [3.63, 3.8) is 0 Å². The number of hydrogen-bond donors (Lipinski definition) is 2. The molecule has 0 saturated heterocycles. The molecule has 0 amide bonds. The Hall–Kier alpha value is -3.68. The predicted octanol–water partition coefficient (Wildman–Crippen LogP) is 5.14. The molecular weight excluding hydrogens is 404 g/mol. The summed E-state index contributed by atoms with van der Waals surface area (Å²) in [4.78, 5) is 13.0. The molecule has 1 aromatic carbocycles. The molecule has 0 saturated carbocycles. The van der Waals surface area contributed by atoms with Crippen LogP contribution in [-0.4, -0.2) is 37.4 Å². The first kappa shape index (κ1) is 20.2. The van der Waals surface area contributed by atoms with E-state index in [1.54, 1.807) is 7.11 Å². The number of nitrogens with one attached hydrogen (secondary N) is 2. The topological polar surface area (TPSA) is 106 Å². The highest BCUT2D eigenvalue weighted by atomic mass is 16.5. The minimum absolute atomic E-state index is 0.378. The molecule has 0 bridgehead atoms. The van der Waals surface area contributed by atoms with Crippen molar-refractivity contribution in [2.24, 2.45) is 0 Å². The largest absolute Gasteiger partial charge is 0.496 e. The van der Waals surface area contributed by atoms with Gasteiger partial charge >= 0.3 is 0 Å². The predicted molar refractivity (Wildman–Crippen MR) is 123 cm³/mol. The van der Waals surface area contributed by atoms with Crippen molar-refractivity contribution in [3.8, 4) is 16.9 Å². The average molecular weight is 431 g/mol. The number of aromatic nitrogens is 6. The van der Waals surface area contributed by atoms with Gasteiger partial charge in [0, 0.05) is 34.0 Å². The Bertz CT molecular complexity index is 1440. The van der Waals surface area contributed by atoms with E-state index in [1.807, 2.05) is 33.0 Å². The van der Waals surface area contributed by atoms with E-state index in [4.69, 9.17) is 14.2 Å². The number of aromatic amines is 2. The Balaban J connectivity index is 1.75. The van der Waals surface area contributed by atoms with Crippen LogP contribution in [0, 0.1) is 20.8 Å². The molecule has 0 aliphatic rings. The molecule has 164 valence electrons. The molecule has 8 nitrogen and oxygen atoms in total. The van der Waals surface area contributed by atoms with E-state index in [1.165, 1.54) is 5.56 Å². The van der Waals surface area contributed by atoms with Crippen LogP contribution in [0.4, 0.5) is 0 Å². The monoisotopic (exact) mass is 430 g/mol. The number of H-pyrrole nitrogens is 2. The van der Waals surface area contributed by atoms with E-state index in [0.29, 0.717) is 12.3 Å². The van der Waals surface area contributed by atoms with E-state index >= 15 is 0 Å². The maximum atomic E-state index is 5.79. The van der Waals surface area contributed by atoms with Crippen molar-refractivity contribution < 1.29 is 9.26 Å². The van der Waals surface area contributed by atoms with Crippen molar-refractivity contribution in [1.82, 2.24) is 30.3 Å². The summed E-state index contributed by atoms with van der Waals surface area (Å²) in [6.07, 6.45) is 2.55. The lowest BCUT2D eigenvalue weighted by Gasteiger charge is -2.10. The number of fused-ring (bicyclic) bond motifs is 3. The number of rotatable bonds is 5. The van der Waals surface area contributed by atoms with E-state index in [0.717, 1.165) is 67.5 Å². The first-order chi connectivity index (χ1) is 15.4. The van der Waals surface area contributed by atoms with Gasteiger partial charge in [-0.25, -0.2) is 9.97 Å². The van der Waals surface area contributed by atoms with Crippen LogP contribution >= 0.6 is 0 Å². The van der Waals surface area contributed by atoms with Crippen LogP contribution in [0.15, 0.2) is 22.9 Å². The van der Waals surface area contributed by atoms with Gasteiger partial charge in [0.15, 0.2) is 0 Å². The fourth-order valence-corrected chi connectivity index (χ4v) is 4.51. The normalized spacial score (nSPS) is 11.8. The van der Waals surface area contributed by atoms with Crippen LogP contribution in [0.25, 0.3) is 33.1 Å². The lowest BCUT2D eigenvalue weighted by atomic mass is 9.98. The zero-order valence-corrected chi connectivity index (χ0v) is 19.1. The van der Waals surface area contributed by atoms with Crippen LogP contribution < -0.4 is 4.74 Å². The van der Waals surface area contributed by atoms with Gasteiger partial charge in [-0.2, -0.15) is 5.10 Å². The molecule has 4 heterocycles. The van der Waals surface area contributed by atoms with Gasteiger partial charge in [0.05, 0.1) is 30.3 Å². The molecule has 32 heavy (non-hydrogen) atoms. The van der Waals surface area contributed by atoms with Gasteiger partial charge < -0.3 is 14.2 Å². The van der Waals surface area contributed by atoms with Crippen LogP contribution in [0.5, 0.6) is 5.75 Å². The molecule has 0 aliphatic carbocycles. The number of ether oxygens (including phenoxy) is 1. The molecule has 0 spiro atoms. The zero-order valence-electron chi connectivity index (χ0n) is 19.1. The van der Waals surface area contributed by atoms with Gasteiger partial charge in [-0.05, 0) is 44.4 Å². The third-order valence-electron chi connectivity index (χ3n) is 5.98. The summed E-state index contributed by atoms with van der Waals surface area (Å²) in [5.74, 6) is 2.61. The number of hydrogen-bond acceptors (Lipinski definition) is 6. The van der Waals surface area contributed by atoms with Crippen molar-refractivity contribution in [1.29, 1.82) is 0 Å². The Labute approximate surface area is 185 Å². The Morgan fingerprint density at radius 3 is 2.62 bits per heavy atom. The van der Waals surface area contributed by atoms with Gasteiger partial charge in [0.1, 0.15) is 23.0 Å². The van der Waals surface area contributed by atoms with Crippen LogP contribution in [-0.2, 0) is 6.42 Å². The Kier molecular flexibility index (Phi) is 4.73. The summed E-state index contributed by atoms with van der Waals surface area (Å²) in [5, 5.41) is 13.6. The fourth-order valence-electron chi connectivity index (χ4n) is 4.51. The summed E-state index contributed by atoms with van der Waals surface area (Å²) in [6.45, 7) is 10.1. The van der Waals surface area contributed by atoms with Gasteiger partial charge in [0.25, 0.3) is 0 Å². The quantitative estimate of drug-likeness (QED) is 0.400. The Morgan fingerprint density at radius 1 is 1.12 bits per heavy atom. The highest BCUT2D eigenvalue weighted by Gasteiger charge is 2.21. The number of nitrogens with zero attached hydrogens (tertiary/aromatic N) is 4. The number of methoxy groups -OCH3 is 1. The summed E-state index contributed by atoms with van der Waals surface area (Å²) < 4.78 is 11.2. The molecule has 2 N–H and O–H groups in total. The van der Waals surface area contributed by atoms with Crippen molar-refractivity contribution in [2.75, 3.05) is 7.11 Å². The maximum Gasteiger partial charge on any atom is 0.142 e. The standard InChI is InChI=1S/C24H26N6O2/c1-11(2)17-10-25-29-19(17)9-20-23-15-8-21(31-6)16(22-12(3)30-32-13(22)4)7-18(15)28-24(23)27-14(5)26-20/h7-8,10-11H,9H2,1-6H3,(H,25,29)(H,26,27,28).